The molecule has 0 aliphatic rings. The summed E-state index contributed by atoms with van der Waals surface area (Å²) in [6.45, 7) is 9.14. The number of aromatic hydroxyl groups is 2. The standard InChI is InChI=1S/C20H36N2O7S2/c1-20(2,16-21(3)9-10-27-13-14-28-12-11-26-4)31-30-15-5-6-19(25)29-22-17(23)7-8-18(22)24/h7-8,23-24H,5-6,9-16H2,1-4H3. The second-order valence-electron chi connectivity index (χ2n) is 7.53. The van der Waals surface area contributed by atoms with Gasteiger partial charge in [-0.2, -0.15) is 0 Å². The smallest absolute Gasteiger partial charge is 0.333 e. The van der Waals surface area contributed by atoms with E-state index in [-0.39, 0.29) is 22.9 Å². The third kappa shape index (κ3) is 13.1. The summed E-state index contributed by atoms with van der Waals surface area (Å²) in [5, 5.41) is 18.9. The SMILES string of the molecule is COCCOCCOCCN(C)CC(C)(C)SSCCCC(=O)On1c(O)ccc1O. The summed E-state index contributed by atoms with van der Waals surface area (Å²) in [6.07, 6.45) is 0.850. The summed E-state index contributed by atoms with van der Waals surface area (Å²) in [5.41, 5.74) is 0. The van der Waals surface area contributed by atoms with Crippen LogP contribution in [0, 0.1) is 0 Å². The number of methoxy groups -OCH3 is 1. The first-order valence-corrected chi connectivity index (χ1v) is 12.5. The van der Waals surface area contributed by atoms with Crippen molar-refractivity contribution in [1.29, 1.82) is 0 Å². The van der Waals surface area contributed by atoms with E-state index < -0.39 is 5.97 Å². The fourth-order valence-electron chi connectivity index (χ4n) is 2.56. The molecule has 180 valence electrons. The van der Waals surface area contributed by atoms with Gasteiger partial charge in [0.15, 0.2) is 0 Å². The van der Waals surface area contributed by atoms with Crippen molar-refractivity contribution in [2.24, 2.45) is 0 Å². The monoisotopic (exact) mass is 480 g/mol. The Kier molecular flexibility index (Phi) is 14.1. The van der Waals surface area contributed by atoms with E-state index in [1.165, 1.54) is 12.1 Å². The van der Waals surface area contributed by atoms with Crippen LogP contribution in [0.15, 0.2) is 12.1 Å². The van der Waals surface area contributed by atoms with Crippen LogP contribution in [0.1, 0.15) is 26.7 Å². The van der Waals surface area contributed by atoms with Gasteiger partial charge >= 0.3 is 5.97 Å². The average Bonchev–Trinajstić information content (AvgIpc) is 3.01. The molecular formula is C20H36N2O7S2. The Bertz CT molecular complexity index is 609. The molecule has 0 bridgehead atoms. The Hall–Kier alpha value is -1.11. The Labute approximate surface area is 192 Å². The van der Waals surface area contributed by atoms with E-state index in [2.05, 4.69) is 25.8 Å². The van der Waals surface area contributed by atoms with Crippen LogP contribution >= 0.6 is 21.6 Å². The van der Waals surface area contributed by atoms with Gasteiger partial charge in [0.05, 0.1) is 33.0 Å². The molecule has 1 aromatic rings. The largest absolute Gasteiger partial charge is 0.492 e. The summed E-state index contributed by atoms with van der Waals surface area (Å²) in [5.74, 6) is -0.344. The maximum atomic E-state index is 11.8. The highest BCUT2D eigenvalue weighted by Gasteiger charge is 2.21. The summed E-state index contributed by atoms with van der Waals surface area (Å²) in [6, 6.07) is 2.50. The molecule has 11 heteroatoms. The molecule has 0 saturated heterocycles. The number of rotatable bonds is 18. The van der Waals surface area contributed by atoms with Crippen LogP contribution in [0.5, 0.6) is 11.8 Å². The van der Waals surface area contributed by atoms with Crippen molar-refractivity contribution < 1.29 is 34.1 Å². The van der Waals surface area contributed by atoms with Gasteiger partial charge in [-0.15, -0.1) is 4.73 Å². The lowest BCUT2D eigenvalue weighted by molar-refractivity contribution is -0.145. The number of nitrogens with zero attached hydrogens (tertiary/aromatic N) is 2. The van der Waals surface area contributed by atoms with Gasteiger partial charge in [0.25, 0.3) is 0 Å². The first-order valence-electron chi connectivity index (χ1n) is 10.2. The third-order valence-corrected chi connectivity index (χ3v) is 7.32. The Morgan fingerprint density at radius 1 is 1.10 bits per heavy atom. The van der Waals surface area contributed by atoms with Gasteiger partial charge in [0, 0.05) is 49.3 Å². The summed E-state index contributed by atoms with van der Waals surface area (Å²) >= 11 is 0. The van der Waals surface area contributed by atoms with Crippen LogP contribution in [-0.4, -0.2) is 96.6 Å². The molecule has 31 heavy (non-hydrogen) atoms. The number of hydrogen-bond donors (Lipinski definition) is 2. The molecule has 0 spiro atoms. The summed E-state index contributed by atoms with van der Waals surface area (Å²) < 4.78 is 16.6. The molecule has 0 fully saturated rings. The molecule has 0 atom stereocenters. The van der Waals surface area contributed by atoms with Crippen LogP contribution < -0.4 is 4.84 Å². The lowest BCUT2D eigenvalue weighted by Crippen LogP contribution is -2.35. The maximum absolute atomic E-state index is 11.8. The number of aromatic nitrogens is 1. The van der Waals surface area contributed by atoms with E-state index in [1.807, 2.05) is 0 Å². The molecule has 0 amide bonds. The molecule has 0 radical (unpaired) electrons. The third-order valence-electron chi connectivity index (χ3n) is 3.96. The predicted octanol–water partition coefficient (Wildman–Crippen LogP) is 2.41. The molecule has 0 aliphatic carbocycles. The molecule has 2 N–H and O–H groups in total. The van der Waals surface area contributed by atoms with E-state index in [4.69, 9.17) is 19.0 Å². The van der Waals surface area contributed by atoms with Crippen LogP contribution in [0.4, 0.5) is 0 Å². The lowest BCUT2D eigenvalue weighted by atomic mass is 10.2. The van der Waals surface area contributed by atoms with Crippen molar-refractivity contribution in [1.82, 2.24) is 9.63 Å². The quantitative estimate of drug-likeness (QED) is 0.240. The fourth-order valence-corrected chi connectivity index (χ4v) is 5.22. The molecule has 1 rings (SSSR count). The summed E-state index contributed by atoms with van der Waals surface area (Å²) in [4.78, 5) is 19.0. The highest BCUT2D eigenvalue weighted by molar-refractivity contribution is 8.77. The molecule has 1 aromatic heterocycles. The van der Waals surface area contributed by atoms with Crippen molar-refractivity contribution in [2.75, 3.05) is 66.0 Å². The van der Waals surface area contributed by atoms with E-state index in [0.29, 0.717) is 44.2 Å². The number of carbonyl (C=O) groups is 1. The van der Waals surface area contributed by atoms with E-state index in [9.17, 15) is 15.0 Å². The van der Waals surface area contributed by atoms with Gasteiger partial charge in [0.1, 0.15) is 0 Å². The molecule has 9 nitrogen and oxygen atoms in total. The average molecular weight is 481 g/mol. The predicted molar refractivity (Wildman–Crippen MR) is 124 cm³/mol. The minimum absolute atomic E-state index is 0.0475. The second-order valence-corrected chi connectivity index (χ2v) is 10.7. The molecule has 0 saturated carbocycles. The number of hydrogen-bond acceptors (Lipinski definition) is 10. The summed E-state index contributed by atoms with van der Waals surface area (Å²) in [7, 11) is 7.23. The molecule has 1 heterocycles. The van der Waals surface area contributed by atoms with Gasteiger partial charge in [-0.05, 0) is 27.3 Å². The Morgan fingerprint density at radius 3 is 2.35 bits per heavy atom. The molecular weight excluding hydrogens is 444 g/mol. The normalized spacial score (nSPS) is 11.9. The highest BCUT2D eigenvalue weighted by atomic mass is 33.1. The van der Waals surface area contributed by atoms with Gasteiger partial charge in [0.2, 0.25) is 11.8 Å². The first kappa shape index (κ1) is 27.9. The van der Waals surface area contributed by atoms with Crippen molar-refractivity contribution in [3.8, 4) is 11.8 Å². The Balaban J connectivity index is 2.07. The molecule has 0 aromatic carbocycles. The maximum Gasteiger partial charge on any atom is 0.333 e. The van der Waals surface area contributed by atoms with Crippen molar-refractivity contribution in [3.63, 3.8) is 0 Å². The van der Waals surface area contributed by atoms with Gasteiger partial charge in [-0.3, -0.25) is 0 Å². The minimum Gasteiger partial charge on any atom is -0.492 e. The zero-order valence-corrected chi connectivity index (χ0v) is 20.5. The van der Waals surface area contributed by atoms with Crippen LogP contribution in [0.3, 0.4) is 0 Å². The van der Waals surface area contributed by atoms with Crippen molar-refractivity contribution >= 4 is 27.6 Å². The Morgan fingerprint density at radius 2 is 1.71 bits per heavy atom. The van der Waals surface area contributed by atoms with Crippen LogP contribution in [0.25, 0.3) is 0 Å². The molecule has 0 aliphatic heterocycles. The van der Waals surface area contributed by atoms with Gasteiger partial charge in [-0.25, -0.2) is 4.79 Å². The number of likely N-dealkylation sites (N-methyl/N-ethyl adjacent to an activating group) is 1. The zero-order chi connectivity index (χ0) is 23.1. The first-order chi connectivity index (χ1) is 14.7. The fraction of sp³-hybridized carbons (Fsp3) is 0.750. The van der Waals surface area contributed by atoms with Crippen LogP contribution in [0.2, 0.25) is 0 Å². The van der Waals surface area contributed by atoms with Gasteiger partial charge in [-0.1, -0.05) is 21.6 Å². The topological polar surface area (TPSA) is 103 Å². The second kappa shape index (κ2) is 15.7. The van der Waals surface area contributed by atoms with Gasteiger partial charge < -0.3 is 34.2 Å². The van der Waals surface area contributed by atoms with E-state index >= 15 is 0 Å². The lowest BCUT2D eigenvalue weighted by Gasteiger charge is -2.29. The number of ether oxygens (including phenoxy) is 3. The highest BCUT2D eigenvalue weighted by Crippen LogP contribution is 2.36. The van der Waals surface area contributed by atoms with Crippen molar-refractivity contribution in [3.05, 3.63) is 12.1 Å². The van der Waals surface area contributed by atoms with Crippen LogP contribution in [-0.2, 0) is 19.0 Å². The van der Waals surface area contributed by atoms with Crippen molar-refractivity contribution in [2.45, 2.75) is 31.4 Å². The van der Waals surface area contributed by atoms with E-state index in [0.717, 1.165) is 18.8 Å². The zero-order valence-electron chi connectivity index (χ0n) is 18.9. The minimum atomic E-state index is -0.504. The number of carbonyl (C=O) groups excluding carboxylic acids is 1. The van der Waals surface area contributed by atoms with E-state index in [1.54, 1.807) is 28.7 Å². The molecule has 0 unspecified atom stereocenters.